The van der Waals surface area contributed by atoms with E-state index in [4.69, 9.17) is 10.1 Å². The van der Waals surface area contributed by atoms with Crippen molar-refractivity contribution in [2.45, 2.75) is 31.9 Å². The number of oxime groups is 1. The summed E-state index contributed by atoms with van der Waals surface area (Å²) in [5, 5.41) is 15.2. The highest BCUT2D eigenvalue weighted by Gasteiger charge is 2.28. The molecule has 1 heterocycles. The van der Waals surface area contributed by atoms with Crippen molar-refractivity contribution in [3.63, 3.8) is 0 Å². The molecule has 0 saturated heterocycles. The molecule has 0 spiro atoms. The number of carbonyl (C=O) groups excluding carboxylic acids is 1. The van der Waals surface area contributed by atoms with Gasteiger partial charge in [-0.3, -0.25) is 4.79 Å². The van der Waals surface area contributed by atoms with Crippen molar-refractivity contribution in [1.29, 1.82) is 5.26 Å². The molecule has 0 unspecified atom stereocenters. The molecular formula is C14H15N3O2. The standard InChI is InChI=1S/C14H15N3O2/c1-2-11(9-15)16-14(18)12-8-13(19-17-12)10-6-4-3-5-7-10/h3-7,11,13H,2,8H2,1H3,(H,16,18)/t11-,13-/m1/s1. The number of carbonyl (C=O) groups is 1. The van der Waals surface area contributed by atoms with Crippen molar-refractivity contribution in [3.8, 4) is 6.07 Å². The van der Waals surface area contributed by atoms with Crippen LogP contribution < -0.4 is 5.32 Å². The van der Waals surface area contributed by atoms with Gasteiger partial charge in [-0.2, -0.15) is 5.26 Å². The molecule has 19 heavy (non-hydrogen) atoms. The summed E-state index contributed by atoms with van der Waals surface area (Å²) in [6.45, 7) is 1.84. The molecule has 1 amide bonds. The van der Waals surface area contributed by atoms with Crippen molar-refractivity contribution < 1.29 is 9.63 Å². The van der Waals surface area contributed by atoms with E-state index >= 15 is 0 Å². The lowest BCUT2D eigenvalue weighted by Crippen LogP contribution is -2.37. The van der Waals surface area contributed by atoms with Crippen LogP contribution in [0.15, 0.2) is 35.5 Å². The highest BCUT2D eigenvalue weighted by Crippen LogP contribution is 2.26. The third-order valence-electron chi connectivity index (χ3n) is 2.97. The van der Waals surface area contributed by atoms with Gasteiger partial charge in [0.25, 0.3) is 5.91 Å². The lowest BCUT2D eigenvalue weighted by Gasteiger charge is -2.09. The second kappa shape index (κ2) is 6.01. The molecule has 2 rings (SSSR count). The lowest BCUT2D eigenvalue weighted by atomic mass is 10.0. The number of nitriles is 1. The van der Waals surface area contributed by atoms with Gasteiger partial charge in [-0.05, 0) is 12.0 Å². The Morgan fingerprint density at radius 2 is 2.32 bits per heavy atom. The quantitative estimate of drug-likeness (QED) is 0.895. The zero-order valence-electron chi connectivity index (χ0n) is 10.7. The van der Waals surface area contributed by atoms with Crippen LogP contribution in [0, 0.1) is 11.3 Å². The Kier molecular flexibility index (Phi) is 4.14. The third kappa shape index (κ3) is 3.10. The zero-order chi connectivity index (χ0) is 13.7. The van der Waals surface area contributed by atoms with Crippen molar-refractivity contribution in [2.75, 3.05) is 0 Å². The highest BCUT2D eigenvalue weighted by atomic mass is 16.6. The van der Waals surface area contributed by atoms with Gasteiger partial charge in [0.05, 0.1) is 6.07 Å². The van der Waals surface area contributed by atoms with Crippen LogP contribution in [-0.2, 0) is 9.63 Å². The maximum atomic E-state index is 11.9. The van der Waals surface area contributed by atoms with E-state index in [1.807, 2.05) is 43.3 Å². The summed E-state index contributed by atoms with van der Waals surface area (Å²) in [6.07, 6.45) is 0.778. The predicted octanol–water partition coefficient (Wildman–Crippen LogP) is 1.92. The van der Waals surface area contributed by atoms with Gasteiger partial charge in [0.2, 0.25) is 0 Å². The van der Waals surface area contributed by atoms with Crippen LogP contribution in [0.5, 0.6) is 0 Å². The number of amides is 1. The average Bonchev–Trinajstić information content (AvgIpc) is 2.95. The smallest absolute Gasteiger partial charge is 0.270 e. The maximum Gasteiger partial charge on any atom is 0.270 e. The van der Waals surface area contributed by atoms with E-state index in [9.17, 15) is 4.79 Å². The molecule has 0 bridgehead atoms. The molecule has 1 N–H and O–H groups in total. The minimum Gasteiger partial charge on any atom is -0.387 e. The first-order valence-corrected chi connectivity index (χ1v) is 6.22. The van der Waals surface area contributed by atoms with E-state index in [0.717, 1.165) is 5.56 Å². The van der Waals surface area contributed by atoms with Gasteiger partial charge in [-0.1, -0.05) is 42.4 Å². The first-order chi connectivity index (χ1) is 9.24. The van der Waals surface area contributed by atoms with Crippen LogP contribution >= 0.6 is 0 Å². The number of hydrogen-bond acceptors (Lipinski definition) is 4. The monoisotopic (exact) mass is 257 g/mol. The molecule has 5 nitrogen and oxygen atoms in total. The number of nitrogens with zero attached hydrogens (tertiary/aromatic N) is 2. The zero-order valence-corrected chi connectivity index (χ0v) is 10.7. The fraction of sp³-hybridized carbons (Fsp3) is 0.357. The average molecular weight is 257 g/mol. The van der Waals surface area contributed by atoms with Crippen molar-refractivity contribution >= 4 is 11.6 Å². The van der Waals surface area contributed by atoms with E-state index in [-0.39, 0.29) is 12.0 Å². The van der Waals surface area contributed by atoms with Gasteiger partial charge in [0.1, 0.15) is 11.8 Å². The Morgan fingerprint density at radius 3 is 2.95 bits per heavy atom. The van der Waals surface area contributed by atoms with Gasteiger partial charge in [-0.15, -0.1) is 0 Å². The van der Waals surface area contributed by atoms with Gasteiger partial charge in [0.15, 0.2) is 6.10 Å². The SMILES string of the molecule is CC[C@H](C#N)NC(=O)C1=NO[C@@H](c2ccccc2)C1. The second-order valence-corrected chi connectivity index (χ2v) is 4.31. The Morgan fingerprint density at radius 1 is 1.58 bits per heavy atom. The minimum absolute atomic E-state index is 0.218. The van der Waals surface area contributed by atoms with Crippen molar-refractivity contribution in [3.05, 3.63) is 35.9 Å². The Hall–Kier alpha value is -2.35. The summed E-state index contributed by atoms with van der Waals surface area (Å²) in [4.78, 5) is 17.1. The summed E-state index contributed by atoms with van der Waals surface area (Å²) in [7, 11) is 0. The molecule has 1 aliphatic heterocycles. The largest absolute Gasteiger partial charge is 0.387 e. The van der Waals surface area contributed by atoms with E-state index in [1.165, 1.54) is 0 Å². The molecule has 0 radical (unpaired) electrons. The predicted molar refractivity (Wildman–Crippen MR) is 70.2 cm³/mol. The fourth-order valence-corrected chi connectivity index (χ4v) is 1.83. The molecule has 1 aromatic carbocycles. The second-order valence-electron chi connectivity index (χ2n) is 4.31. The van der Waals surface area contributed by atoms with Crippen LogP contribution in [0.4, 0.5) is 0 Å². The molecule has 1 aromatic rings. The van der Waals surface area contributed by atoms with Gasteiger partial charge in [0, 0.05) is 6.42 Å². The van der Waals surface area contributed by atoms with Crippen LogP contribution in [0.3, 0.4) is 0 Å². The normalized spacial score (nSPS) is 18.9. The minimum atomic E-state index is -0.481. The third-order valence-corrected chi connectivity index (χ3v) is 2.97. The molecule has 98 valence electrons. The van der Waals surface area contributed by atoms with Crippen molar-refractivity contribution in [1.82, 2.24) is 5.32 Å². The molecule has 0 saturated carbocycles. The Balaban J connectivity index is 1.95. The molecule has 0 fully saturated rings. The van der Waals surface area contributed by atoms with Crippen LogP contribution in [0.25, 0.3) is 0 Å². The van der Waals surface area contributed by atoms with Gasteiger partial charge >= 0.3 is 0 Å². The summed E-state index contributed by atoms with van der Waals surface area (Å²) < 4.78 is 0. The fourth-order valence-electron chi connectivity index (χ4n) is 1.83. The summed E-state index contributed by atoms with van der Waals surface area (Å²) in [6, 6.07) is 11.2. The first kappa shape index (κ1) is 13.1. The molecule has 2 atom stereocenters. The highest BCUT2D eigenvalue weighted by molar-refractivity contribution is 6.39. The molecule has 0 aromatic heterocycles. The van der Waals surface area contributed by atoms with Crippen LogP contribution in [0.1, 0.15) is 31.4 Å². The number of benzene rings is 1. The Labute approximate surface area is 111 Å². The first-order valence-electron chi connectivity index (χ1n) is 6.22. The van der Waals surface area contributed by atoms with Crippen molar-refractivity contribution in [2.24, 2.45) is 5.16 Å². The Bertz CT molecular complexity index is 519. The van der Waals surface area contributed by atoms with Gasteiger partial charge < -0.3 is 10.2 Å². The van der Waals surface area contributed by atoms with Gasteiger partial charge in [-0.25, -0.2) is 0 Å². The number of rotatable bonds is 4. The van der Waals surface area contributed by atoms with Crippen LogP contribution in [0.2, 0.25) is 0 Å². The van der Waals surface area contributed by atoms with E-state index in [1.54, 1.807) is 0 Å². The summed E-state index contributed by atoms with van der Waals surface area (Å²) >= 11 is 0. The van der Waals surface area contributed by atoms with E-state index < -0.39 is 6.04 Å². The molecule has 0 aliphatic carbocycles. The maximum absolute atomic E-state index is 11.9. The number of hydrogen-bond donors (Lipinski definition) is 1. The lowest BCUT2D eigenvalue weighted by molar-refractivity contribution is -0.115. The van der Waals surface area contributed by atoms with E-state index in [2.05, 4.69) is 10.5 Å². The van der Waals surface area contributed by atoms with E-state index in [0.29, 0.717) is 18.6 Å². The summed E-state index contributed by atoms with van der Waals surface area (Å²) in [5.74, 6) is -0.327. The number of nitrogens with one attached hydrogen (secondary N) is 1. The molecule has 1 aliphatic rings. The molecule has 5 heteroatoms. The van der Waals surface area contributed by atoms with Crippen LogP contribution in [-0.4, -0.2) is 17.7 Å². The summed E-state index contributed by atoms with van der Waals surface area (Å²) in [5.41, 5.74) is 1.32. The topological polar surface area (TPSA) is 74.5 Å². The molecular weight excluding hydrogens is 242 g/mol.